The van der Waals surface area contributed by atoms with E-state index < -0.39 is 17.7 Å². The van der Waals surface area contributed by atoms with E-state index in [0.717, 1.165) is 11.1 Å². The molecule has 9 nitrogen and oxygen atoms in total. The van der Waals surface area contributed by atoms with Gasteiger partial charge in [0.05, 0.1) is 39.5 Å². The van der Waals surface area contributed by atoms with Gasteiger partial charge in [-0.05, 0) is 35.9 Å². The Morgan fingerprint density at radius 2 is 1.31 bits per heavy atom. The summed E-state index contributed by atoms with van der Waals surface area (Å²) in [6.45, 7) is 0.371. The average molecular weight is 527 g/mol. The van der Waals surface area contributed by atoms with Gasteiger partial charge in [-0.1, -0.05) is 42.5 Å². The molecule has 0 bridgehead atoms. The Hall–Kier alpha value is -5.05. The van der Waals surface area contributed by atoms with Gasteiger partial charge in [0.15, 0.2) is 11.5 Å². The Balaban J connectivity index is 1.91. The van der Waals surface area contributed by atoms with Crippen LogP contribution in [0.25, 0.3) is 16.7 Å². The van der Waals surface area contributed by atoms with Crippen molar-refractivity contribution in [3.63, 3.8) is 0 Å². The van der Waals surface area contributed by atoms with Gasteiger partial charge in [0.1, 0.15) is 22.5 Å². The SMILES string of the molecule is COC(=O)c1c(C(=O)OC)c2n(Cc3ccccc3)c3ccccc3n2c1C(=O)c1ccc(OC)c(OC)c1. The molecule has 0 unspecified atom stereocenters. The second-order valence-corrected chi connectivity index (χ2v) is 8.70. The molecule has 3 aromatic carbocycles. The predicted octanol–water partition coefficient (Wildman–Crippen LogP) is 4.76. The van der Waals surface area contributed by atoms with Gasteiger partial charge in [-0.2, -0.15) is 0 Å². The minimum Gasteiger partial charge on any atom is -0.493 e. The molecule has 0 aliphatic carbocycles. The third-order valence-corrected chi connectivity index (χ3v) is 6.64. The van der Waals surface area contributed by atoms with Gasteiger partial charge >= 0.3 is 11.9 Å². The number of benzene rings is 3. The number of methoxy groups -OCH3 is 4. The molecule has 0 fully saturated rings. The van der Waals surface area contributed by atoms with E-state index in [1.54, 1.807) is 16.5 Å². The van der Waals surface area contributed by atoms with Crippen molar-refractivity contribution in [1.82, 2.24) is 8.97 Å². The lowest BCUT2D eigenvalue weighted by molar-refractivity contribution is 0.0556. The number of imidazole rings is 1. The highest BCUT2D eigenvalue weighted by Crippen LogP contribution is 2.35. The van der Waals surface area contributed by atoms with E-state index in [0.29, 0.717) is 29.2 Å². The number of para-hydroxylation sites is 2. The zero-order chi connectivity index (χ0) is 27.7. The number of rotatable bonds is 8. The molecule has 0 atom stereocenters. The number of ketones is 1. The number of hydrogen-bond donors (Lipinski definition) is 0. The largest absolute Gasteiger partial charge is 0.493 e. The molecule has 0 saturated carbocycles. The third kappa shape index (κ3) is 4.17. The van der Waals surface area contributed by atoms with Crippen molar-refractivity contribution in [3.8, 4) is 11.5 Å². The van der Waals surface area contributed by atoms with E-state index >= 15 is 0 Å². The molecule has 39 heavy (non-hydrogen) atoms. The lowest BCUT2D eigenvalue weighted by Gasteiger charge is -2.10. The Labute approximate surface area is 224 Å². The van der Waals surface area contributed by atoms with Gasteiger partial charge in [0, 0.05) is 12.1 Å². The molecule has 2 heterocycles. The van der Waals surface area contributed by atoms with Crippen molar-refractivity contribution < 1.29 is 33.3 Å². The van der Waals surface area contributed by atoms with Crippen LogP contribution in [0.5, 0.6) is 11.5 Å². The molecule has 5 aromatic rings. The van der Waals surface area contributed by atoms with Crippen LogP contribution >= 0.6 is 0 Å². The van der Waals surface area contributed by atoms with Gasteiger partial charge < -0.3 is 23.5 Å². The highest BCUT2D eigenvalue weighted by Gasteiger charge is 2.36. The molecule has 9 heteroatoms. The first-order valence-electron chi connectivity index (χ1n) is 12.1. The average Bonchev–Trinajstić information content (AvgIpc) is 3.49. The highest BCUT2D eigenvalue weighted by molar-refractivity contribution is 6.20. The number of carbonyl (C=O) groups is 3. The van der Waals surface area contributed by atoms with Crippen LogP contribution in [-0.2, 0) is 16.0 Å². The smallest absolute Gasteiger partial charge is 0.342 e. The fourth-order valence-electron chi connectivity index (χ4n) is 4.90. The lowest BCUT2D eigenvalue weighted by Crippen LogP contribution is -2.16. The molecule has 5 rings (SSSR count). The molecule has 0 aliphatic heterocycles. The van der Waals surface area contributed by atoms with E-state index in [4.69, 9.17) is 18.9 Å². The number of aromatic nitrogens is 2. The van der Waals surface area contributed by atoms with Crippen molar-refractivity contribution >= 4 is 34.4 Å². The number of nitrogens with zero attached hydrogens (tertiary/aromatic N) is 2. The van der Waals surface area contributed by atoms with Crippen molar-refractivity contribution in [2.24, 2.45) is 0 Å². The lowest BCUT2D eigenvalue weighted by atomic mass is 10.0. The minimum atomic E-state index is -0.835. The van der Waals surface area contributed by atoms with Gasteiger partial charge in [-0.3, -0.25) is 9.20 Å². The van der Waals surface area contributed by atoms with Gasteiger partial charge in [-0.25, -0.2) is 9.59 Å². The van der Waals surface area contributed by atoms with E-state index in [9.17, 15) is 14.4 Å². The first-order chi connectivity index (χ1) is 18.9. The first-order valence-corrected chi connectivity index (χ1v) is 12.1. The van der Waals surface area contributed by atoms with Crippen LogP contribution in [0, 0.1) is 0 Å². The standard InChI is InChI=1S/C30H26N2O7/c1-36-22-15-14-19(16-23(22)37-2)27(33)26-24(29(34)38-3)25(30(35)39-4)28-31(17-18-10-6-5-7-11-18)20-12-8-9-13-21(20)32(26)28/h5-16H,17H2,1-4H3. The van der Waals surface area contributed by atoms with Crippen LogP contribution in [0.4, 0.5) is 0 Å². The topological polar surface area (TPSA) is 97.5 Å². The van der Waals surface area contributed by atoms with Crippen LogP contribution in [0.3, 0.4) is 0 Å². The highest BCUT2D eigenvalue weighted by atomic mass is 16.5. The molecule has 0 spiro atoms. The zero-order valence-corrected chi connectivity index (χ0v) is 21.9. The van der Waals surface area contributed by atoms with Crippen molar-refractivity contribution in [2.75, 3.05) is 28.4 Å². The van der Waals surface area contributed by atoms with E-state index in [-0.39, 0.29) is 22.4 Å². The Morgan fingerprint density at radius 3 is 1.95 bits per heavy atom. The predicted molar refractivity (Wildman–Crippen MR) is 144 cm³/mol. The van der Waals surface area contributed by atoms with Crippen LogP contribution < -0.4 is 9.47 Å². The zero-order valence-electron chi connectivity index (χ0n) is 21.9. The Bertz CT molecular complexity index is 1730. The number of hydrogen-bond acceptors (Lipinski definition) is 7. The molecule has 198 valence electrons. The van der Waals surface area contributed by atoms with Crippen molar-refractivity contribution in [2.45, 2.75) is 6.54 Å². The van der Waals surface area contributed by atoms with Crippen LogP contribution in [0.15, 0.2) is 72.8 Å². The van der Waals surface area contributed by atoms with Gasteiger partial charge in [-0.15, -0.1) is 0 Å². The van der Waals surface area contributed by atoms with E-state index in [2.05, 4.69) is 0 Å². The summed E-state index contributed by atoms with van der Waals surface area (Å²) in [5.41, 5.74) is 2.68. The summed E-state index contributed by atoms with van der Waals surface area (Å²) in [6.07, 6.45) is 0. The third-order valence-electron chi connectivity index (χ3n) is 6.64. The second kappa shape index (κ2) is 10.4. The van der Waals surface area contributed by atoms with E-state index in [1.807, 2.05) is 59.2 Å². The summed E-state index contributed by atoms with van der Waals surface area (Å²) in [7, 11) is 5.39. The summed E-state index contributed by atoms with van der Waals surface area (Å²) in [4.78, 5) is 40.8. The molecule has 0 saturated heterocycles. The minimum absolute atomic E-state index is 0.0209. The van der Waals surface area contributed by atoms with Crippen molar-refractivity contribution in [3.05, 3.63) is 101 Å². The van der Waals surface area contributed by atoms with Gasteiger partial charge in [0.2, 0.25) is 5.78 Å². The Kier molecular flexibility index (Phi) is 6.81. The summed E-state index contributed by atoms with van der Waals surface area (Å²) in [6, 6.07) is 21.8. The van der Waals surface area contributed by atoms with Crippen LogP contribution in [0.2, 0.25) is 0 Å². The molecular formula is C30H26N2O7. The molecule has 0 radical (unpaired) electrons. The monoisotopic (exact) mass is 526 g/mol. The maximum Gasteiger partial charge on any atom is 0.342 e. The van der Waals surface area contributed by atoms with Crippen molar-refractivity contribution in [1.29, 1.82) is 0 Å². The number of fused-ring (bicyclic) bond motifs is 3. The van der Waals surface area contributed by atoms with Crippen LogP contribution in [-0.4, -0.2) is 55.1 Å². The fraction of sp³-hybridized carbons (Fsp3) is 0.167. The molecule has 0 N–H and O–H groups in total. The normalized spacial score (nSPS) is 11.0. The quantitative estimate of drug-likeness (QED) is 0.212. The Morgan fingerprint density at radius 1 is 0.692 bits per heavy atom. The molecule has 0 amide bonds. The number of carbonyl (C=O) groups excluding carboxylic acids is 3. The molecular weight excluding hydrogens is 500 g/mol. The summed E-state index contributed by atoms with van der Waals surface area (Å²) >= 11 is 0. The fourth-order valence-corrected chi connectivity index (χ4v) is 4.90. The summed E-state index contributed by atoms with van der Waals surface area (Å²) in [5, 5.41) is 0. The molecule has 0 aliphatic rings. The number of esters is 2. The summed E-state index contributed by atoms with van der Waals surface area (Å²) < 4.78 is 24.5. The maximum absolute atomic E-state index is 14.2. The van der Waals surface area contributed by atoms with E-state index in [1.165, 1.54) is 34.5 Å². The first kappa shape index (κ1) is 25.6. The second-order valence-electron chi connectivity index (χ2n) is 8.70. The number of ether oxygens (including phenoxy) is 4. The maximum atomic E-state index is 14.2. The summed E-state index contributed by atoms with van der Waals surface area (Å²) in [5.74, 6) is -1.33. The van der Waals surface area contributed by atoms with Crippen LogP contribution in [0.1, 0.15) is 42.3 Å². The molecule has 2 aromatic heterocycles. The van der Waals surface area contributed by atoms with Gasteiger partial charge in [0.25, 0.3) is 0 Å².